The van der Waals surface area contributed by atoms with E-state index in [1.165, 1.54) is 12.8 Å². The number of carbonyl (C=O) groups is 1. The average Bonchev–Trinajstić information content (AvgIpc) is 3.48. The highest BCUT2D eigenvalue weighted by molar-refractivity contribution is 7.11. The first-order valence-electron chi connectivity index (χ1n) is 10.3. The zero-order valence-corrected chi connectivity index (χ0v) is 17.4. The molecule has 0 aromatic carbocycles. The largest absolute Gasteiger partial charge is 0.355 e. The highest BCUT2D eigenvalue weighted by atomic mass is 32.1. The van der Waals surface area contributed by atoms with Gasteiger partial charge < -0.3 is 9.80 Å². The maximum atomic E-state index is 12.6. The van der Waals surface area contributed by atoms with E-state index in [0.717, 1.165) is 66.2 Å². The van der Waals surface area contributed by atoms with E-state index in [-0.39, 0.29) is 11.8 Å². The maximum absolute atomic E-state index is 12.6. The predicted molar refractivity (Wildman–Crippen MR) is 111 cm³/mol. The molecule has 5 rings (SSSR count). The van der Waals surface area contributed by atoms with Crippen LogP contribution in [0.2, 0.25) is 0 Å². The summed E-state index contributed by atoms with van der Waals surface area (Å²) >= 11 is 1.60. The molecule has 0 radical (unpaired) electrons. The van der Waals surface area contributed by atoms with Crippen molar-refractivity contribution in [3.05, 3.63) is 34.0 Å². The van der Waals surface area contributed by atoms with Crippen molar-refractivity contribution in [3.63, 3.8) is 0 Å². The SMILES string of the molecule is Cc1ncc(CC(=O)N2CCC(c3nnc4ccc(N5CCCC5)nn34)CC2)s1. The van der Waals surface area contributed by atoms with Crippen LogP contribution in [0.15, 0.2) is 18.3 Å². The number of aromatic nitrogens is 5. The second kappa shape index (κ2) is 7.70. The summed E-state index contributed by atoms with van der Waals surface area (Å²) in [6.07, 6.45) is 6.50. The standard InChI is InChI=1S/C20H25N7OS/c1-14-21-13-16(29-14)12-19(28)26-10-6-15(7-11-26)20-23-22-17-4-5-18(24-27(17)20)25-8-2-3-9-25/h4-5,13,15H,2-3,6-12H2,1H3. The molecule has 0 unspecified atom stereocenters. The number of fused-ring (bicyclic) bond motifs is 1. The lowest BCUT2D eigenvalue weighted by atomic mass is 9.96. The number of hydrogen-bond acceptors (Lipinski definition) is 7. The first-order chi connectivity index (χ1) is 14.2. The Morgan fingerprint density at radius 2 is 1.93 bits per heavy atom. The van der Waals surface area contributed by atoms with E-state index >= 15 is 0 Å². The summed E-state index contributed by atoms with van der Waals surface area (Å²) in [4.78, 5) is 22.2. The van der Waals surface area contributed by atoms with Crippen molar-refractivity contribution in [2.24, 2.45) is 0 Å². The number of hydrogen-bond donors (Lipinski definition) is 0. The number of nitrogens with zero attached hydrogens (tertiary/aromatic N) is 7. The van der Waals surface area contributed by atoms with Gasteiger partial charge in [-0.2, -0.15) is 4.52 Å². The van der Waals surface area contributed by atoms with Gasteiger partial charge in [-0.05, 0) is 44.7 Å². The van der Waals surface area contributed by atoms with E-state index in [1.54, 1.807) is 11.3 Å². The van der Waals surface area contributed by atoms with Gasteiger partial charge in [-0.25, -0.2) is 4.98 Å². The molecule has 29 heavy (non-hydrogen) atoms. The van der Waals surface area contributed by atoms with E-state index in [4.69, 9.17) is 5.10 Å². The first-order valence-corrected chi connectivity index (χ1v) is 11.2. The smallest absolute Gasteiger partial charge is 0.227 e. The zero-order valence-electron chi connectivity index (χ0n) is 16.6. The minimum atomic E-state index is 0.188. The Morgan fingerprint density at radius 3 is 2.66 bits per heavy atom. The van der Waals surface area contributed by atoms with E-state index in [1.807, 2.05) is 34.7 Å². The van der Waals surface area contributed by atoms with Crippen LogP contribution in [-0.2, 0) is 11.2 Å². The van der Waals surface area contributed by atoms with Gasteiger partial charge in [0.25, 0.3) is 0 Å². The minimum absolute atomic E-state index is 0.188. The molecule has 2 aliphatic rings. The maximum Gasteiger partial charge on any atom is 0.227 e. The Kier molecular flexibility index (Phi) is 4.91. The lowest BCUT2D eigenvalue weighted by molar-refractivity contribution is -0.131. The van der Waals surface area contributed by atoms with Gasteiger partial charge in [0.05, 0.1) is 11.4 Å². The van der Waals surface area contributed by atoms with Crippen molar-refractivity contribution in [1.82, 2.24) is 29.7 Å². The predicted octanol–water partition coefficient (Wildman–Crippen LogP) is 2.44. The molecule has 9 heteroatoms. The molecule has 0 N–H and O–H groups in total. The first kappa shape index (κ1) is 18.5. The van der Waals surface area contributed by atoms with Gasteiger partial charge in [0, 0.05) is 43.2 Å². The van der Waals surface area contributed by atoms with Crippen LogP contribution < -0.4 is 4.90 Å². The van der Waals surface area contributed by atoms with Crippen molar-refractivity contribution in [1.29, 1.82) is 0 Å². The third kappa shape index (κ3) is 3.71. The highest BCUT2D eigenvalue weighted by Gasteiger charge is 2.28. The van der Waals surface area contributed by atoms with Crippen LogP contribution in [0.3, 0.4) is 0 Å². The van der Waals surface area contributed by atoms with Crippen LogP contribution in [0.5, 0.6) is 0 Å². The van der Waals surface area contributed by atoms with Crippen molar-refractivity contribution in [3.8, 4) is 0 Å². The van der Waals surface area contributed by atoms with E-state index < -0.39 is 0 Å². The minimum Gasteiger partial charge on any atom is -0.355 e. The second-order valence-electron chi connectivity index (χ2n) is 7.89. The summed E-state index contributed by atoms with van der Waals surface area (Å²) in [5.74, 6) is 2.39. The number of amides is 1. The van der Waals surface area contributed by atoms with Gasteiger partial charge in [0.15, 0.2) is 11.5 Å². The molecule has 0 bridgehead atoms. The molecule has 2 aliphatic heterocycles. The summed E-state index contributed by atoms with van der Waals surface area (Å²) in [6.45, 7) is 5.60. The van der Waals surface area contributed by atoms with Crippen molar-refractivity contribution in [2.45, 2.75) is 44.9 Å². The monoisotopic (exact) mass is 411 g/mol. The number of thiazole rings is 1. The zero-order chi connectivity index (χ0) is 19.8. The molecule has 3 aromatic heterocycles. The van der Waals surface area contributed by atoms with Crippen LogP contribution in [0, 0.1) is 6.92 Å². The van der Waals surface area contributed by atoms with Gasteiger partial charge in [0.1, 0.15) is 5.82 Å². The van der Waals surface area contributed by atoms with Crippen molar-refractivity contribution in [2.75, 3.05) is 31.1 Å². The van der Waals surface area contributed by atoms with Crippen LogP contribution in [0.1, 0.15) is 47.3 Å². The Labute approximate surface area is 173 Å². The molecule has 0 aliphatic carbocycles. The van der Waals surface area contributed by atoms with Crippen LogP contribution in [0.4, 0.5) is 5.82 Å². The normalized spacial score (nSPS) is 18.1. The Bertz CT molecular complexity index is 1010. The second-order valence-corrected chi connectivity index (χ2v) is 9.21. The van der Waals surface area contributed by atoms with E-state index in [0.29, 0.717) is 6.42 Å². The molecule has 152 valence electrons. The molecule has 2 saturated heterocycles. The number of piperidine rings is 1. The third-order valence-electron chi connectivity index (χ3n) is 5.91. The molecular weight excluding hydrogens is 386 g/mol. The van der Waals surface area contributed by atoms with Crippen LogP contribution in [-0.4, -0.2) is 61.8 Å². The molecule has 8 nitrogen and oxygen atoms in total. The van der Waals surface area contributed by atoms with Gasteiger partial charge in [-0.1, -0.05) is 0 Å². The summed E-state index contributed by atoms with van der Waals surface area (Å²) in [6, 6.07) is 4.05. The summed E-state index contributed by atoms with van der Waals surface area (Å²) in [7, 11) is 0. The quantitative estimate of drug-likeness (QED) is 0.656. The number of likely N-dealkylation sites (tertiary alicyclic amines) is 1. The van der Waals surface area contributed by atoms with Crippen molar-refractivity contribution < 1.29 is 4.79 Å². The van der Waals surface area contributed by atoms with E-state index in [9.17, 15) is 4.79 Å². The Hall–Kier alpha value is -2.55. The van der Waals surface area contributed by atoms with Crippen LogP contribution in [0.25, 0.3) is 5.65 Å². The fourth-order valence-corrected chi connectivity index (χ4v) is 5.09. The summed E-state index contributed by atoms with van der Waals surface area (Å²) in [5.41, 5.74) is 0.794. The lowest BCUT2D eigenvalue weighted by Crippen LogP contribution is -2.39. The number of anilines is 1. The molecule has 0 atom stereocenters. The van der Waals surface area contributed by atoms with Crippen LogP contribution >= 0.6 is 11.3 Å². The summed E-state index contributed by atoms with van der Waals surface area (Å²) in [5, 5.41) is 14.6. The number of aryl methyl sites for hydroxylation is 1. The highest BCUT2D eigenvalue weighted by Crippen LogP contribution is 2.28. The molecular formula is C20H25N7OS. The third-order valence-corrected chi connectivity index (χ3v) is 6.82. The molecule has 0 spiro atoms. The number of carbonyl (C=O) groups excluding carboxylic acids is 1. The molecule has 1 amide bonds. The van der Waals surface area contributed by atoms with Crippen molar-refractivity contribution >= 4 is 28.7 Å². The average molecular weight is 412 g/mol. The topological polar surface area (TPSA) is 79.5 Å². The molecule has 2 fully saturated rings. The fourth-order valence-electron chi connectivity index (χ4n) is 4.30. The molecule has 3 aromatic rings. The number of rotatable bonds is 4. The lowest BCUT2D eigenvalue weighted by Gasteiger charge is -2.31. The molecule has 0 saturated carbocycles. The fraction of sp³-hybridized carbons (Fsp3) is 0.550. The Balaban J connectivity index is 1.27. The van der Waals surface area contributed by atoms with Gasteiger partial charge in [-0.3, -0.25) is 4.79 Å². The van der Waals surface area contributed by atoms with Gasteiger partial charge in [0.2, 0.25) is 5.91 Å². The van der Waals surface area contributed by atoms with E-state index in [2.05, 4.69) is 20.1 Å². The molecule has 5 heterocycles. The Morgan fingerprint density at radius 1 is 1.14 bits per heavy atom. The summed E-state index contributed by atoms with van der Waals surface area (Å²) < 4.78 is 1.91. The van der Waals surface area contributed by atoms with Gasteiger partial charge in [-0.15, -0.1) is 26.6 Å². The van der Waals surface area contributed by atoms with Gasteiger partial charge >= 0.3 is 0 Å².